The number of hydrogen-bond donors (Lipinski definition) is 1. The van der Waals surface area contributed by atoms with E-state index in [9.17, 15) is 16.8 Å². The monoisotopic (exact) mass is 500 g/mol. The number of nitrogens with zero attached hydrogens (tertiary/aromatic N) is 4. The van der Waals surface area contributed by atoms with Crippen molar-refractivity contribution in [3.05, 3.63) is 60.6 Å². The molecule has 34 heavy (non-hydrogen) atoms. The predicted octanol–water partition coefficient (Wildman–Crippen LogP) is 3.23. The Labute approximate surface area is 197 Å². The molecule has 0 saturated carbocycles. The molecule has 3 aromatic heterocycles. The molecular weight excluding hydrogens is 476 g/mol. The first-order valence-corrected chi connectivity index (χ1v) is 14.0. The fraction of sp³-hybridized carbons (Fsp3) is 0.304. The minimum absolute atomic E-state index is 0.0956. The molecule has 1 aromatic carbocycles. The van der Waals surface area contributed by atoms with Crippen LogP contribution in [0.2, 0.25) is 0 Å². The van der Waals surface area contributed by atoms with Gasteiger partial charge in [-0.15, -0.1) is 0 Å². The van der Waals surface area contributed by atoms with E-state index in [4.69, 9.17) is 4.55 Å². The topological polar surface area (TPSA) is 122 Å². The third-order valence-corrected chi connectivity index (χ3v) is 8.92. The van der Waals surface area contributed by atoms with Crippen molar-refractivity contribution >= 4 is 47.8 Å². The number of piperidine rings is 1. The van der Waals surface area contributed by atoms with Crippen molar-refractivity contribution in [1.82, 2.24) is 13.9 Å². The molecule has 11 heteroatoms. The van der Waals surface area contributed by atoms with E-state index in [1.807, 2.05) is 13.0 Å². The summed E-state index contributed by atoms with van der Waals surface area (Å²) < 4.78 is 59.5. The van der Waals surface area contributed by atoms with Gasteiger partial charge in [0.2, 0.25) is 0 Å². The summed E-state index contributed by atoms with van der Waals surface area (Å²) in [6.07, 6.45) is 6.03. The summed E-state index contributed by atoms with van der Waals surface area (Å²) in [5.41, 5.74) is 2.84. The average molecular weight is 501 g/mol. The molecule has 0 spiro atoms. The van der Waals surface area contributed by atoms with Crippen LogP contribution in [0.5, 0.6) is 0 Å². The summed E-state index contributed by atoms with van der Waals surface area (Å²) in [5.74, 6) is -0.326. The molecular formula is C23H24N4O5S2. The Balaban J connectivity index is 1.56. The number of benzene rings is 1. The summed E-state index contributed by atoms with van der Waals surface area (Å²) in [5, 5.41) is 1.48. The first kappa shape index (κ1) is 22.8. The van der Waals surface area contributed by atoms with Gasteiger partial charge < -0.3 is 4.90 Å². The van der Waals surface area contributed by atoms with Crippen LogP contribution in [0.3, 0.4) is 0 Å². The molecule has 1 aliphatic heterocycles. The summed E-state index contributed by atoms with van der Waals surface area (Å²) in [6.45, 7) is 3.13. The molecule has 9 nitrogen and oxygen atoms in total. The number of rotatable bonds is 5. The zero-order chi connectivity index (χ0) is 24.1. The lowest BCUT2D eigenvalue weighted by Gasteiger charge is -2.33. The second kappa shape index (κ2) is 8.33. The standard InChI is InChI=1S/C23H24N4O5S2/c1-16-2-4-18(5-3-16)34(31,32)27-13-9-19-22-20(14-25-23(19)27)24-10-6-21(22)26-11-7-17(8-12-26)15-33(28,29)30/h2-6,9-10,13-14,17H,7-8,11-12,15H2,1H3,(H,28,29,30). The van der Waals surface area contributed by atoms with Crippen LogP contribution in [0, 0.1) is 12.8 Å². The maximum absolute atomic E-state index is 13.3. The maximum Gasteiger partial charge on any atom is 0.269 e. The van der Waals surface area contributed by atoms with Gasteiger partial charge in [0.1, 0.15) is 0 Å². The Morgan fingerprint density at radius 3 is 2.38 bits per heavy atom. The second-order valence-electron chi connectivity index (χ2n) is 8.69. The average Bonchev–Trinajstić information content (AvgIpc) is 3.24. The van der Waals surface area contributed by atoms with Crippen molar-refractivity contribution in [2.75, 3.05) is 23.7 Å². The smallest absolute Gasteiger partial charge is 0.269 e. The van der Waals surface area contributed by atoms with Crippen LogP contribution in [-0.2, 0) is 20.1 Å². The number of pyridine rings is 2. The highest BCUT2D eigenvalue weighted by Gasteiger charge is 2.26. The molecule has 0 aliphatic carbocycles. The normalized spacial score (nSPS) is 15.9. The molecule has 1 aliphatic rings. The number of aromatic nitrogens is 3. The lowest BCUT2D eigenvalue weighted by molar-refractivity contribution is 0.414. The number of hydrogen-bond acceptors (Lipinski definition) is 7. The third kappa shape index (κ3) is 4.15. The van der Waals surface area contributed by atoms with Crippen LogP contribution >= 0.6 is 0 Å². The molecule has 0 bridgehead atoms. The lowest BCUT2D eigenvalue weighted by Crippen LogP contribution is -2.36. The van der Waals surface area contributed by atoms with Crippen LogP contribution in [0.25, 0.3) is 21.9 Å². The van der Waals surface area contributed by atoms with Crippen molar-refractivity contribution in [2.45, 2.75) is 24.7 Å². The Morgan fingerprint density at radius 1 is 1.00 bits per heavy atom. The number of anilines is 1. The van der Waals surface area contributed by atoms with E-state index in [1.165, 1.54) is 10.2 Å². The number of aryl methyl sites for hydroxylation is 1. The molecule has 5 rings (SSSR count). The second-order valence-corrected chi connectivity index (χ2v) is 12.0. The highest BCUT2D eigenvalue weighted by molar-refractivity contribution is 7.90. The fourth-order valence-electron chi connectivity index (χ4n) is 4.61. The van der Waals surface area contributed by atoms with Crippen molar-refractivity contribution in [3.63, 3.8) is 0 Å². The highest BCUT2D eigenvalue weighted by atomic mass is 32.2. The molecule has 0 amide bonds. The molecule has 4 aromatic rings. The largest absolute Gasteiger partial charge is 0.371 e. The Morgan fingerprint density at radius 2 is 1.71 bits per heavy atom. The van der Waals surface area contributed by atoms with E-state index in [2.05, 4.69) is 14.9 Å². The Bertz CT molecular complexity index is 1590. The van der Waals surface area contributed by atoms with Crippen molar-refractivity contribution < 1.29 is 21.4 Å². The van der Waals surface area contributed by atoms with E-state index in [-0.39, 0.29) is 16.6 Å². The van der Waals surface area contributed by atoms with Crippen molar-refractivity contribution in [3.8, 4) is 0 Å². The Hall–Kier alpha value is -3.02. The maximum atomic E-state index is 13.3. The summed E-state index contributed by atoms with van der Waals surface area (Å²) in [7, 11) is -7.83. The van der Waals surface area contributed by atoms with Crippen LogP contribution in [0.1, 0.15) is 18.4 Å². The van der Waals surface area contributed by atoms with Crippen molar-refractivity contribution in [1.29, 1.82) is 0 Å². The van der Waals surface area contributed by atoms with Gasteiger partial charge in [0.15, 0.2) is 5.65 Å². The van der Waals surface area contributed by atoms with Crippen LogP contribution in [0.15, 0.2) is 59.9 Å². The first-order chi connectivity index (χ1) is 16.1. The molecule has 1 N–H and O–H groups in total. The van der Waals surface area contributed by atoms with E-state index < -0.39 is 20.1 Å². The van der Waals surface area contributed by atoms with Gasteiger partial charge in [-0.1, -0.05) is 17.7 Å². The zero-order valence-corrected chi connectivity index (χ0v) is 20.1. The lowest BCUT2D eigenvalue weighted by atomic mass is 9.98. The van der Waals surface area contributed by atoms with E-state index in [0.29, 0.717) is 42.5 Å². The fourth-order valence-corrected chi connectivity index (χ4v) is 6.84. The van der Waals surface area contributed by atoms with Crippen molar-refractivity contribution in [2.24, 2.45) is 5.92 Å². The Kier molecular flexibility index (Phi) is 5.58. The van der Waals surface area contributed by atoms with Gasteiger partial charge in [-0.2, -0.15) is 8.42 Å². The molecule has 4 heterocycles. The molecule has 1 saturated heterocycles. The molecule has 0 atom stereocenters. The number of fused-ring (bicyclic) bond motifs is 3. The summed E-state index contributed by atoms with van der Waals surface area (Å²) in [4.78, 5) is 11.2. The first-order valence-electron chi connectivity index (χ1n) is 10.9. The molecule has 0 unspecified atom stereocenters. The zero-order valence-electron chi connectivity index (χ0n) is 18.5. The molecule has 1 fully saturated rings. The quantitative estimate of drug-likeness (QED) is 0.415. The van der Waals surface area contributed by atoms with E-state index >= 15 is 0 Å². The van der Waals surface area contributed by atoms with Gasteiger partial charge in [0.05, 0.1) is 22.4 Å². The summed E-state index contributed by atoms with van der Waals surface area (Å²) >= 11 is 0. The summed E-state index contributed by atoms with van der Waals surface area (Å²) in [6, 6.07) is 10.3. The van der Waals surface area contributed by atoms with Gasteiger partial charge in [0.25, 0.3) is 20.1 Å². The highest BCUT2D eigenvalue weighted by Crippen LogP contribution is 2.35. The predicted molar refractivity (Wildman–Crippen MR) is 130 cm³/mol. The third-order valence-electron chi connectivity index (χ3n) is 6.34. The van der Waals surface area contributed by atoms with Crippen LogP contribution in [-0.4, -0.2) is 54.2 Å². The molecule has 0 radical (unpaired) electrons. The van der Waals surface area contributed by atoms with Crippen LogP contribution < -0.4 is 4.90 Å². The van der Waals surface area contributed by atoms with Gasteiger partial charge in [-0.25, -0.2) is 17.4 Å². The van der Waals surface area contributed by atoms with E-state index in [0.717, 1.165) is 16.6 Å². The minimum atomic E-state index is -4.00. The van der Waals surface area contributed by atoms with Gasteiger partial charge in [0, 0.05) is 41.9 Å². The van der Waals surface area contributed by atoms with Gasteiger partial charge in [-0.05, 0) is 49.9 Å². The van der Waals surface area contributed by atoms with Gasteiger partial charge in [-0.3, -0.25) is 9.54 Å². The SMILES string of the molecule is Cc1ccc(S(=O)(=O)n2ccc3c4c(N5CCC(CS(=O)(=O)O)CC5)ccnc4cnc32)cc1. The molecule has 178 valence electrons. The van der Waals surface area contributed by atoms with Gasteiger partial charge >= 0.3 is 0 Å². The van der Waals surface area contributed by atoms with E-state index in [1.54, 1.807) is 42.7 Å². The van der Waals surface area contributed by atoms with Crippen LogP contribution in [0.4, 0.5) is 5.69 Å². The minimum Gasteiger partial charge on any atom is -0.371 e.